The topological polar surface area (TPSA) is 129 Å². The van der Waals surface area contributed by atoms with Crippen LogP contribution in [-0.4, -0.2) is 42.6 Å². The lowest BCUT2D eigenvalue weighted by atomic mass is 9.91. The molecular weight excluding hydrogens is 384 g/mol. The molecule has 1 heterocycles. The molecule has 1 aromatic heterocycles. The van der Waals surface area contributed by atoms with Gasteiger partial charge in [0.25, 0.3) is 0 Å². The van der Waals surface area contributed by atoms with Gasteiger partial charge in [-0.2, -0.15) is 5.21 Å². The molecule has 156 valence electrons. The molecule has 8 nitrogen and oxygen atoms in total. The zero-order chi connectivity index (χ0) is 21.5. The van der Waals surface area contributed by atoms with Crippen LogP contribution in [0.25, 0.3) is 11.4 Å². The number of carbonyl (C=O) groups is 2. The average molecular weight is 408 g/mol. The normalized spacial score (nSPS) is 11.9. The number of nitrogens with one attached hydrogen (secondary N) is 1. The molecule has 0 fully saturated rings. The van der Waals surface area contributed by atoms with E-state index in [1.807, 2.05) is 0 Å². The molecular formula is C22H24N4O4. The van der Waals surface area contributed by atoms with E-state index in [-0.39, 0.29) is 28.5 Å². The van der Waals surface area contributed by atoms with Crippen LogP contribution < -0.4 is 0 Å². The van der Waals surface area contributed by atoms with Gasteiger partial charge in [-0.25, -0.2) is 0 Å². The summed E-state index contributed by atoms with van der Waals surface area (Å²) in [7, 11) is 0. The minimum absolute atomic E-state index is 0.117. The molecule has 3 rings (SSSR count). The van der Waals surface area contributed by atoms with Crippen molar-refractivity contribution in [1.82, 2.24) is 20.6 Å². The number of nitrogens with zero attached hydrogens (tertiary/aromatic N) is 3. The highest BCUT2D eigenvalue weighted by atomic mass is 16.4. The van der Waals surface area contributed by atoms with Crippen LogP contribution in [0.2, 0.25) is 0 Å². The number of aromatic nitrogens is 4. The number of hydrogen-bond donors (Lipinski definition) is 3. The summed E-state index contributed by atoms with van der Waals surface area (Å²) in [6.07, 6.45) is 4.61. The minimum Gasteiger partial charge on any atom is -0.507 e. The zero-order valence-electron chi connectivity index (χ0n) is 16.7. The molecule has 1 atom stereocenters. The fraction of sp³-hybridized carbons (Fsp3) is 0.318. The van der Waals surface area contributed by atoms with Gasteiger partial charge in [-0.3, -0.25) is 9.59 Å². The average Bonchev–Trinajstić information content (AvgIpc) is 3.27. The van der Waals surface area contributed by atoms with Gasteiger partial charge in [0, 0.05) is 11.1 Å². The number of benzene rings is 2. The zero-order valence-corrected chi connectivity index (χ0v) is 16.7. The molecule has 3 N–H and O–H groups in total. The van der Waals surface area contributed by atoms with Gasteiger partial charge in [0.2, 0.25) is 5.82 Å². The van der Waals surface area contributed by atoms with E-state index < -0.39 is 11.9 Å². The van der Waals surface area contributed by atoms with Crippen molar-refractivity contribution in [3.8, 4) is 17.1 Å². The number of rotatable bonds is 10. The Bertz CT molecular complexity index is 1000. The van der Waals surface area contributed by atoms with Crippen molar-refractivity contribution in [1.29, 1.82) is 0 Å². The Labute approximate surface area is 174 Å². The minimum atomic E-state index is -0.863. The third-order valence-electron chi connectivity index (χ3n) is 5.08. The maximum Gasteiger partial charge on any atom is 0.310 e. The maximum absolute atomic E-state index is 13.1. The summed E-state index contributed by atoms with van der Waals surface area (Å²) < 4.78 is 0. The van der Waals surface area contributed by atoms with Crippen LogP contribution in [0.5, 0.6) is 5.75 Å². The molecule has 0 aliphatic rings. The number of H-pyrrole nitrogens is 1. The quantitative estimate of drug-likeness (QED) is 0.342. The van der Waals surface area contributed by atoms with Gasteiger partial charge in [-0.15, -0.1) is 10.2 Å². The predicted molar refractivity (Wildman–Crippen MR) is 110 cm³/mol. The van der Waals surface area contributed by atoms with Gasteiger partial charge >= 0.3 is 5.97 Å². The van der Waals surface area contributed by atoms with Crippen LogP contribution in [0.15, 0.2) is 42.5 Å². The third-order valence-corrected chi connectivity index (χ3v) is 5.08. The van der Waals surface area contributed by atoms with Gasteiger partial charge in [0.15, 0.2) is 5.78 Å². The van der Waals surface area contributed by atoms with Crippen molar-refractivity contribution >= 4 is 11.8 Å². The Hall–Kier alpha value is -3.55. The standard InChI is InChI=1S/C22H24N4O4/c1-2-3-4-5-7-16(22(29)30)14-10-12-15(13-11-14)20(28)17-8-6-9-18(27)19(17)21-23-25-26-24-21/h6,8-13,16,27H,2-5,7H2,1H3,(H,29,30)(H,23,24,25,26). The second kappa shape index (κ2) is 9.78. The van der Waals surface area contributed by atoms with Crippen molar-refractivity contribution in [2.24, 2.45) is 0 Å². The van der Waals surface area contributed by atoms with Crippen molar-refractivity contribution in [2.75, 3.05) is 0 Å². The molecule has 0 saturated carbocycles. The van der Waals surface area contributed by atoms with E-state index in [1.54, 1.807) is 36.4 Å². The third kappa shape index (κ3) is 4.71. The second-order valence-electron chi connectivity index (χ2n) is 7.13. The number of tetrazole rings is 1. The van der Waals surface area contributed by atoms with Crippen LogP contribution >= 0.6 is 0 Å². The van der Waals surface area contributed by atoms with E-state index in [9.17, 15) is 19.8 Å². The molecule has 0 aliphatic heterocycles. The van der Waals surface area contributed by atoms with Crippen LogP contribution in [-0.2, 0) is 4.79 Å². The molecule has 0 bridgehead atoms. The molecule has 2 aromatic carbocycles. The highest BCUT2D eigenvalue weighted by Gasteiger charge is 2.22. The Kier molecular flexibility index (Phi) is 6.90. The fourth-order valence-corrected chi connectivity index (χ4v) is 3.46. The van der Waals surface area contributed by atoms with Crippen LogP contribution in [0.4, 0.5) is 0 Å². The SMILES string of the molecule is CCCCCCC(C(=O)O)c1ccc(C(=O)c2cccc(O)c2-c2nn[nH]n2)cc1. The molecule has 0 spiro atoms. The Morgan fingerprint density at radius 1 is 1.07 bits per heavy atom. The van der Waals surface area contributed by atoms with Gasteiger partial charge in [-0.1, -0.05) is 69.0 Å². The summed E-state index contributed by atoms with van der Waals surface area (Å²) in [5.41, 5.74) is 1.48. The lowest BCUT2D eigenvalue weighted by Gasteiger charge is -2.13. The molecule has 3 aromatic rings. The van der Waals surface area contributed by atoms with E-state index in [2.05, 4.69) is 27.5 Å². The van der Waals surface area contributed by atoms with E-state index in [4.69, 9.17) is 0 Å². The molecule has 0 saturated heterocycles. The Balaban J connectivity index is 1.84. The van der Waals surface area contributed by atoms with Crippen molar-refractivity contribution in [2.45, 2.75) is 44.9 Å². The summed E-state index contributed by atoms with van der Waals surface area (Å²) >= 11 is 0. The van der Waals surface area contributed by atoms with Gasteiger partial charge < -0.3 is 10.2 Å². The first-order valence-corrected chi connectivity index (χ1v) is 9.96. The number of ketones is 1. The second-order valence-corrected chi connectivity index (χ2v) is 7.13. The highest BCUT2D eigenvalue weighted by Crippen LogP contribution is 2.31. The fourth-order valence-electron chi connectivity index (χ4n) is 3.46. The summed E-state index contributed by atoms with van der Waals surface area (Å²) in [6, 6.07) is 11.2. The first-order valence-electron chi connectivity index (χ1n) is 9.96. The van der Waals surface area contributed by atoms with E-state index in [1.165, 1.54) is 6.07 Å². The number of carboxylic acid groups (broad SMARTS) is 1. The van der Waals surface area contributed by atoms with Crippen LogP contribution in [0.1, 0.15) is 66.4 Å². The first-order chi connectivity index (χ1) is 14.5. The lowest BCUT2D eigenvalue weighted by Crippen LogP contribution is -2.12. The van der Waals surface area contributed by atoms with E-state index in [0.717, 1.165) is 25.7 Å². The Morgan fingerprint density at radius 2 is 1.83 bits per heavy atom. The number of carbonyl (C=O) groups excluding carboxylic acids is 1. The first kappa shape index (κ1) is 21.2. The van der Waals surface area contributed by atoms with Crippen molar-refractivity contribution in [3.05, 3.63) is 59.2 Å². The number of hydrogen-bond acceptors (Lipinski definition) is 6. The summed E-state index contributed by atoms with van der Waals surface area (Å²) in [5, 5.41) is 33.3. The number of aliphatic carboxylic acids is 1. The smallest absolute Gasteiger partial charge is 0.310 e. The molecule has 0 radical (unpaired) electrons. The van der Waals surface area contributed by atoms with Crippen molar-refractivity contribution in [3.63, 3.8) is 0 Å². The molecule has 1 unspecified atom stereocenters. The maximum atomic E-state index is 13.1. The van der Waals surface area contributed by atoms with Crippen LogP contribution in [0, 0.1) is 0 Å². The van der Waals surface area contributed by atoms with Crippen LogP contribution in [0.3, 0.4) is 0 Å². The highest BCUT2D eigenvalue weighted by molar-refractivity contribution is 6.13. The number of unbranched alkanes of at least 4 members (excludes halogenated alkanes) is 3. The predicted octanol–water partition coefficient (Wildman–Crippen LogP) is 3.94. The monoisotopic (exact) mass is 408 g/mol. The van der Waals surface area contributed by atoms with Gasteiger partial charge in [-0.05, 0) is 23.3 Å². The number of phenolic OH excluding ortho intramolecular Hbond substituents is 1. The largest absolute Gasteiger partial charge is 0.507 e. The lowest BCUT2D eigenvalue weighted by molar-refractivity contribution is -0.139. The van der Waals surface area contributed by atoms with Gasteiger partial charge in [0.05, 0.1) is 11.5 Å². The molecule has 30 heavy (non-hydrogen) atoms. The number of phenols is 1. The summed E-state index contributed by atoms with van der Waals surface area (Å²) in [5.74, 6) is -1.80. The van der Waals surface area contributed by atoms with Gasteiger partial charge in [0.1, 0.15) is 5.75 Å². The molecule has 0 amide bonds. The Morgan fingerprint density at radius 3 is 2.47 bits per heavy atom. The summed E-state index contributed by atoms with van der Waals surface area (Å²) in [4.78, 5) is 24.8. The molecule has 0 aliphatic carbocycles. The van der Waals surface area contributed by atoms with Crippen molar-refractivity contribution < 1.29 is 19.8 Å². The number of aromatic amines is 1. The van der Waals surface area contributed by atoms with E-state index in [0.29, 0.717) is 17.5 Å². The number of aromatic hydroxyl groups is 1. The number of carboxylic acids is 1. The molecule has 8 heteroatoms. The van der Waals surface area contributed by atoms with E-state index >= 15 is 0 Å². The summed E-state index contributed by atoms with van der Waals surface area (Å²) in [6.45, 7) is 2.11.